The Kier molecular flexibility index (Phi) is 12.6. The number of amides is 2. The molecule has 0 spiro atoms. The highest BCUT2D eigenvalue weighted by Crippen LogP contribution is 2.18. The number of rotatable bonds is 14. The Labute approximate surface area is 185 Å². The molecule has 0 saturated carbocycles. The molecule has 0 saturated heterocycles. The van der Waals surface area contributed by atoms with E-state index in [2.05, 4.69) is 17.6 Å². The number of carbonyl (C=O) groups is 3. The van der Waals surface area contributed by atoms with Crippen molar-refractivity contribution in [2.45, 2.75) is 78.2 Å². The maximum atomic E-state index is 12.3. The third-order valence-electron chi connectivity index (χ3n) is 4.94. The van der Waals surface area contributed by atoms with Gasteiger partial charge >= 0.3 is 5.97 Å². The second-order valence-electron chi connectivity index (χ2n) is 7.89. The van der Waals surface area contributed by atoms with Crippen LogP contribution in [-0.4, -0.2) is 28.9 Å². The Morgan fingerprint density at radius 2 is 1.68 bits per heavy atom. The number of nitrogens with one attached hydrogen (secondary N) is 2. The van der Waals surface area contributed by atoms with Gasteiger partial charge in [-0.1, -0.05) is 64.0 Å². The summed E-state index contributed by atoms with van der Waals surface area (Å²) in [5, 5.41) is 14.2. The molecule has 1 aromatic rings. The smallest absolute Gasteiger partial charge is 0.328 e. The van der Waals surface area contributed by atoms with Crippen molar-refractivity contribution in [3.05, 3.63) is 48.1 Å². The van der Waals surface area contributed by atoms with Gasteiger partial charge in [-0.3, -0.25) is 9.59 Å². The fraction of sp³-hybridized carbons (Fsp3) is 0.480. The lowest BCUT2D eigenvalue weighted by Crippen LogP contribution is -2.31. The molecule has 1 rings (SSSR count). The van der Waals surface area contributed by atoms with Gasteiger partial charge in [0.2, 0.25) is 11.8 Å². The Morgan fingerprint density at radius 3 is 2.35 bits per heavy atom. The minimum atomic E-state index is -1.19. The normalized spacial score (nSPS) is 12.5. The van der Waals surface area contributed by atoms with E-state index in [-0.39, 0.29) is 11.9 Å². The van der Waals surface area contributed by atoms with Crippen LogP contribution < -0.4 is 10.6 Å². The lowest BCUT2D eigenvalue weighted by atomic mass is 10.0. The SMILES string of the molecule is CCCCCCCCCC(C)NC(=O)C=C(C)c1cccc(NC(=O)C=CC(=O)O)c1. The van der Waals surface area contributed by atoms with Crippen LogP contribution in [0, 0.1) is 0 Å². The molecule has 6 heteroatoms. The molecule has 0 aliphatic carbocycles. The van der Waals surface area contributed by atoms with E-state index < -0.39 is 11.9 Å². The summed E-state index contributed by atoms with van der Waals surface area (Å²) in [4.78, 5) is 34.6. The summed E-state index contributed by atoms with van der Waals surface area (Å²) in [6.07, 6.45) is 13.0. The van der Waals surface area contributed by atoms with Gasteiger partial charge < -0.3 is 15.7 Å². The maximum Gasteiger partial charge on any atom is 0.328 e. The van der Waals surface area contributed by atoms with Gasteiger partial charge in [0.25, 0.3) is 0 Å². The second-order valence-corrected chi connectivity index (χ2v) is 7.89. The van der Waals surface area contributed by atoms with Crippen molar-refractivity contribution < 1.29 is 19.5 Å². The first kappa shape index (κ1) is 26.1. The van der Waals surface area contributed by atoms with E-state index in [1.165, 1.54) is 38.5 Å². The van der Waals surface area contributed by atoms with Crippen molar-refractivity contribution in [2.75, 3.05) is 5.32 Å². The summed E-state index contributed by atoms with van der Waals surface area (Å²) in [7, 11) is 0. The fourth-order valence-corrected chi connectivity index (χ4v) is 3.22. The lowest BCUT2D eigenvalue weighted by Gasteiger charge is -2.13. The van der Waals surface area contributed by atoms with E-state index in [9.17, 15) is 14.4 Å². The van der Waals surface area contributed by atoms with Crippen LogP contribution in [0.5, 0.6) is 0 Å². The molecule has 0 aliphatic heterocycles. The predicted molar refractivity (Wildman–Crippen MR) is 126 cm³/mol. The summed E-state index contributed by atoms with van der Waals surface area (Å²) in [6.45, 7) is 6.09. The number of aliphatic carboxylic acids is 1. The van der Waals surface area contributed by atoms with Gasteiger partial charge in [0, 0.05) is 30.0 Å². The van der Waals surface area contributed by atoms with E-state index >= 15 is 0 Å². The van der Waals surface area contributed by atoms with Crippen LogP contribution in [0.3, 0.4) is 0 Å². The molecule has 1 atom stereocenters. The molecule has 0 aromatic heterocycles. The summed E-state index contributed by atoms with van der Waals surface area (Å²) >= 11 is 0. The van der Waals surface area contributed by atoms with Crippen molar-refractivity contribution in [2.24, 2.45) is 0 Å². The van der Waals surface area contributed by atoms with Gasteiger partial charge in [0.05, 0.1) is 0 Å². The van der Waals surface area contributed by atoms with E-state index in [0.29, 0.717) is 5.69 Å². The average molecular weight is 429 g/mol. The fourth-order valence-electron chi connectivity index (χ4n) is 3.22. The summed E-state index contributed by atoms with van der Waals surface area (Å²) in [5.41, 5.74) is 2.10. The predicted octanol–water partition coefficient (Wildman–Crippen LogP) is 5.31. The summed E-state index contributed by atoms with van der Waals surface area (Å²) < 4.78 is 0. The van der Waals surface area contributed by atoms with E-state index in [0.717, 1.165) is 36.1 Å². The zero-order valence-electron chi connectivity index (χ0n) is 18.9. The molecule has 2 amide bonds. The Bertz CT molecular complexity index is 783. The number of carbonyl (C=O) groups excluding carboxylic acids is 2. The summed E-state index contributed by atoms with van der Waals surface area (Å²) in [5.74, 6) is -1.85. The molecule has 1 aromatic carbocycles. The standard InChI is InChI=1S/C25H36N2O4/c1-4-5-6-7-8-9-10-12-20(3)26-24(29)17-19(2)21-13-11-14-22(18-21)27-23(28)15-16-25(30)31/h11,13-18,20H,4-10,12H2,1-3H3,(H,26,29)(H,27,28)(H,30,31). The Hall–Kier alpha value is -2.89. The molecule has 3 N–H and O–H groups in total. The minimum absolute atomic E-state index is 0.124. The molecular formula is C25H36N2O4. The van der Waals surface area contributed by atoms with Gasteiger partial charge in [-0.05, 0) is 43.5 Å². The van der Waals surface area contributed by atoms with Crippen LogP contribution in [-0.2, 0) is 14.4 Å². The van der Waals surface area contributed by atoms with Crippen LogP contribution in [0.15, 0.2) is 42.5 Å². The third-order valence-corrected chi connectivity index (χ3v) is 4.94. The highest BCUT2D eigenvalue weighted by atomic mass is 16.4. The highest BCUT2D eigenvalue weighted by Gasteiger charge is 2.07. The van der Waals surface area contributed by atoms with Crippen LogP contribution in [0.1, 0.15) is 77.7 Å². The number of carboxylic acid groups (broad SMARTS) is 1. The molecule has 0 radical (unpaired) electrons. The molecule has 1 unspecified atom stereocenters. The van der Waals surface area contributed by atoms with Crippen molar-refractivity contribution in [1.82, 2.24) is 5.32 Å². The number of benzene rings is 1. The zero-order valence-corrected chi connectivity index (χ0v) is 18.9. The summed E-state index contributed by atoms with van der Waals surface area (Å²) in [6, 6.07) is 7.19. The van der Waals surface area contributed by atoms with Gasteiger partial charge in [-0.2, -0.15) is 0 Å². The van der Waals surface area contributed by atoms with E-state index in [4.69, 9.17) is 5.11 Å². The molecule has 170 valence electrons. The highest BCUT2D eigenvalue weighted by molar-refractivity contribution is 6.02. The van der Waals surface area contributed by atoms with Crippen LogP contribution in [0.25, 0.3) is 5.57 Å². The second kappa shape index (κ2) is 15.0. The molecule has 0 heterocycles. The first-order valence-electron chi connectivity index (χ1n) is 11.1. The average Bonchev–Trinajstić information content (AvgIpc) is 2.71. The van der Waals surface area contributed by atoms with Gasteiger partial charge in [0.1, 0.15) is 0 Å². The Balaban J connectivity index is 2.49. The quantitative estimate of drug-likeness (QED) is 0.276. The molecule has 6 nitrogen and oxygen atoms in total. The van der Waals surface area contributed by atoms with E-state index in [1.807, 2.05) is 19.9 Å². The monoisotopic (exact) mass is 428 g/mol. The molecule has 0 fully saturated rings. The number of carboxylic acids is 1. The van der Waals surface area contributed by atoms with Crippen molar-refractivity contribution >= 4 is 29.0 Å². The zero-order chi connectivity index (χ0) is 23.1. The Morgan fingerprint density at radius 1 is 1.00 bits per heavy atom. The molecule has 31 heavy (non-hydrogen) atoms. The van der Waals surface area contributed by atoms with Crippen molar-refractivity contribution in [3.63, 3.8) is 0 Å². The number of unbranched alkanes of at least 4 members (excludes halogenated alkanes) is 6. The van der Waals surface area contributed by atoms with Crippen molar-refractivity contribution in [3.8, 4) is 0 Å². The third kappa shape index (κ3) is 12.4. The molecule has 0 aliphatic rings. The van der Waals surface area contributed by atoms with Crippen LogP contribution >= 0.6 is 0 Å². The van der Waals surface area contributed by atoms with E-state index in [1.54, 1.807) is 24.3 Å². The lowest BCUT2D eigenvalue weighted by molar-refractivity contribution is -0.131. The number of allylic oxidation sites excluding steroid dienone is 1. The number of anilines is 1. The maximum absolute atomic E-state index is 12.3. The first-order chi connectivity index (χ1) is 14.8. The van der Waals surface area contributed by atoms with Gasteiger partial charge in [-0.15, -0.1) is 0 Å². The van der Waals surface area contributed by atoms with Crippen molar-refractivity contribution in [1.29, 1.82) is 0 Å². The van der Waals surface area contributed by atoms with Crippen LogP contribution in [0.2, 0.25) is 0 Å². The van der Waals surface area contributed by atoms with Gasteiger partial charge in [0.15, 0.2) is 0 Å². The first-order valence-corrected chi connectivity index (χ1v) is 11.1. The van der Waals surface area contributed by atoms with Gasteiger partial charge in [-0.25, -0.2) is 4.79 Å². The minimum Gasteiger partial charge on any atom is -0.478 e. The molecule has 0 bridgehead atoms. The topological polar surface area (TPSA) is 95.5 Å². The molecular weight excluding hydrogens is 392 g/mol. The number of hydrogen-bond acceptors (Lipinski definition) is 3. The van der Waals surface area contributed by atoms with Crippen LogP contribution in [0.4, 0.5) is 5.69 Å². The largest absolute Gasteiger partial charge is 0.478 e. The number of hydrogen-bond donors (Lipinski definition) is 3.